The van der Waals surface area contributed by atoms with E-state index in [-0.39, 0.29) is 18.4 Å². The number of para-hydroxylation sites is 2. The number of benzene rings is 2. The molecular formula is C22H23F3N4O2. The van der Waals surface area contributed by atoms with E-state index in [0.29, 0.717) is 31.0 Å². The molecule has 0 spiro atoms. The van der Waals surface area contributed by atoms with Crippen LogP contribution in [-0.2, 0) is 17.4 Å². The van der Waals surface area contributed by atoms with Crippen molar-refractivity contribution in [3.63, 3.8) is 0 Å². The van der Waals surface area contributed by atoms with Crippen LogP contribution in [0.1, 0.15) is 24.0 Å². The first-order valence-corrected chi connectivity index (χ1v) is 10.1. The number of rotatable bonds is 3. The molecule has 2 aromatic carbocycles. The summed E-state index contributed by atoms with van der Waals surface area (Å²) >= 11 is 0. The van der Waals surface area contributed by atoms with Gasteiger partial charge < -0.3 is 20.3 Å². The Labute approximate surface area is 177 Å². The smallest absolute Gasteiger partial charge is 0.409 e. The number of hydrogen-bond acceptors (Lipinski definition) is 4. The molecule has 1 amide bonds. The zero-order chi connectivity index (χ0) is 22.0. The summed E-state index contributed by atoms with van der Waals surface area (Å²) in [5, 5.41) is 15.7. The Balaban J connectivity index is 1.37. The highest BCUT2D eigenvalue weighted by atomic mass is 19.4. The molecule has 6 nitrogen and oxygen atoms in total. The maximum absolute atomic E-state index is 12.7. The predicted octanol–water partition coefficient (Wildman–Crippen LogP) is 3.96. The number of nitrogens with zero attached hydrogens (tertiary/aromatic N) is 3. The third-order valence-corrected chi connectivity index (χ3v) is 5.83. The Kier molecular flexibility index (Phi) is 5.75. The Morgan fingerprint density at radius 3 is 2.42 bits per heavy atom. The Morgan fingerprint density at radius 1 is 1.10 bits per heavy atom. The summed E-state index contributed by atoms with van der Waals surface area (Å²) in [7, 11) is 0. The first-order valence-electron chi connectivity index (χ1n) is 10.1. The third-order valence-electron chi connectivity index (χ3n) is 5.83. The average Bonchev–Trinajstić information content (AvgIpc) is 2.78. The summed E-state index contributed by atoms with van der Waals surface area (Å²) in [5.74, 6) is 0.385. The second-order valence-corrected chi connectivity index (χ2v) is 7.80. The van der Waals surface area contributed by atoms with Crippen LogP contribution < -0.4 is 10.2 Å². The van der Waals surface area contributed by atoms with Crippen LogP contribution in [0.2, 0.25) is 0 Å². The van der Waals surface area contributed by atoms with E-state index >= 15 is 0 Å². The van der Waals surface area contributed by atoms with Gasteiger partial charge in [0, 0.05) is 19.1 Å². The largest absolute Gasteiger partial charge is 0.416 e. The highest BCUT2D eigenvalue weighted by Crippen LogP contribution is 2.33. The second-order valence-electron chi connectivity index (χ2n) is 7.80. The lowest BCUT2D eigenvalue weighted by molar-refractivity contribution is -0.137. The van der Waals surface area contributed by atoms with E-state index in [1.807, 2.05) is 24.3 Å². The fourth-order valence-electron chi connectivity index (χ4n) is 4.18. The van der Waals surface area contributed by atoms with E-state index in [1.165, 1.54) is 12.1 Å². The molecule has 1 saturated heterocycles. The van der Waals surface area contributed by atoms with Crippen molar-refractivity contribution in [2.75, 3.05) is 29.9 Å². The predicted molar refractivity (Wildman–Crippen MR) is 111 cm³/mol. The summed E-state index contributed by atoms with van der Waals surface area (Å²) in [6, 6.07) is 12.7. The lowest BCUT2D eigenvalue weighted by Gasteiger charge is -2.42. The van der Waals surface area contributed by atoms with Crippen LogP contribution in [-0.4, -0.2) is 47.5 Å². The highest BCUT2D eigenvalue weighted by Gasteiger charge is 2.32. The average molecular weight is 432 g/mol. The summed E-state index contributed by atoms with van der Waals surface area (Å²) in [6.45, 7) is 1.60. The van der Waals surface area contributed by atoms with E-state index in [2.05, 4.69) is 15.4 Å². The zero-order valence-electron chi connectivity index (χ0n) is 16.8. The van der Waals surface area contributed by atoms with Crippen molar-refractivity contribution in [3.8, 4) is 0 Å². The van der Waals surface area contributed by atoms with E-state index in [4.69, 9.17) is 0 Å². The van der Waals surface area contributed by atoms with Gasteiger partial charge >= 0.3 is 6.18 Å². The van der Waals surface area contributed by atoms with Crippen LogP contribution in [0.15, 0.2) is 53.7 Å². The molecule has 0 bridgehead atoms. The molecule has 2 aliphatic heterocycles. The van der Waals surface area contributed by atoms with Crippen LogP contribution in [0.5, 0.6) is 0 Å². The summed E-state index contributed by atoms with van der Waals surface area (Å²) < 4.78 is 38.1. The van der Waals surface area contributed by atoms with Crippen molar-refractivity contribution in [3.05, 3.63) is 59.7 Å². The molecule has 0 aromatic heterocycles. The minimum absolute atomic E-state index is 0.0839. The van der Waals surface area contributed by atoms with Gasteiger partial charge in [0.15, 0.2) is 5.84 Å². The minimum atomic E-state index is -4.38. The summed E-state index contributed by atoms with van der Waals surface area (Å²) in [5.41, 5.74) is 1.76. The molecule has 4 rings (SSSR count). The van der Waals surface area contributed by atoms with Crippen LogP contribution >= 0.6 is 0 Å². The quantitative estimate of drug-likeness (QED) is 0.569. The molecule has 9 heteroatoms. The number of carbonyl (C=O) groups excluding carboxylic acids is 1. The van der Waals surface area contributed by atoms with Gasteiger partial charge in [0.2, 0.25) is 5.91 Å². The number of halogens is 3. The maximum atomic E-state index is 12.7. The number of hydrogen-bond donors (Lipinski definition) is 2. The SMILES string of the molecule is O=C(Cc1ccc(C(F)(F)F)cc1)N1CCC(N2C/C(=N\O)Nc3ccccc32)CC1. The number of nitrogens with one attached hydrogen (secondary N) is 1. The second kappa shape index (κ2) is 8.49. The normalized spacial score (nSPS) is 18.6. The number of likely N-dealkylation sites (tertiary alicyclic amines) is 1. The Morgan fingerprint density at radius 2 is 1.77 bits per heavy atom. The molecule has 2 heterocycles. The summed E-state index contributed by atoms with van der Waals surface area (Å²) in [4.78, 5) is 16.6. The lowest BCUT2D eigenvalue weighted by atomic mass is 9.99. The molecule has 2 N–H and O–H groups in total. The monoisotopic (exact) mass is 432 g/mol. The van der Waals surface area contributed by atoms with Gasteiger partial charge in [-0.3, -0.25) is 4.79 Å². The van der Waals surface area contributed by atoms with Gasteiger partial charge in [-0.05, 0) is 42.7 Å². The number of amides is 1. The van der Waals surface area contributed by atoms with Crippen LogP contribution in [0.3, 0.4) is 0 Å². The molecule has 2 aliphatic rings. The molecule has 0 unspecified atom stereocenters. The standard InChI is InChI=1S/C22H23F3N4O2/c23-22(24,25)16-7-5-15(6-8-16)13-21(30)28-11-9-17(10-12-28)29-14-20(27-31)26-18-3-1-2-4-19(18)29/h1-8,17,31H,9-14H2,(H,26,27). The molecule has 0 saturated carbocycles. The van der Waals surface area contributed by atoms with Gasteiger partial charge in [-0.1, -0.05) is 29.4 Å². The molecule has 0 aliphatic carbocycles. The number of carbonyl (C=O) groups is 1. The molecule has 31 heavy (non-hydrogen) atoms. The summed E-state index contributed by atoms with van der Waals surface area (Å²) in [6.07, 6.45) is -2.79. The molecule has 0 atom stereocenters. The molecule has 0 radical (unpaired) electrons. The highest BCUT2D eigenvalue weighted by molar-refractivity contribution is 6.04. The number of amidine groups is 1. The van der Waals surface area contributed by atoms with E-state index in [1.54, 1.807) is 4.90 Å². The van der Waals surface area contributed by atoms with Crippen molar-refractivity contribution in [2.24, 2.45) is 5.16 Å². The van der Waals surface area contributed by atoms with Crippen LogP contribution in [0, 0.1) is 0 Å². The topological polar surface area (TPSA) is 68.2 Å². The number of anilines is 2. The number of piperidine rings is 1. The molecule has 1 fully saturated rings. The lowest BCUT2D eigenvalue weighted by Crippen LogP contribution is -2.51. The van der Waals surface area contributed by atoms with Gasteiger partial charge in [-0.2, -0.15) is 13.2 Å². The molecule has 2 aromatic rings. The zero-order valence-corrected chi connectivity index (χ0v) is 16.8. The minimum Gasteiger partial charge on any atom is -0.409 e. The van der Waals surface area contributed by atoms with E-state index in [0.717, 1.165) is 36.3 Å². The number of oxime groups is 1. The first kappa shape index (κ1) is 21.0. The van der Waals surface area contributed by atoms with Crippen molar-refractivity contribution in [1.82, 2.24) is 4.90 Å². The van der Waals surface area contributed by atoms with Gasteiger partial charge in [-0.25, -0.2) is 0 Å². The van der Waals surface area contributed by atoms with Gasteiger partial charge in [-0.15, -0.1) is 0 Å². The Bertz CT molecular complexity index is 967. The Hall–Kier alpha value is -3.23. The first-order chi connectivity index (χ1) is 14.8. The van der Waals surface area contributed by atoms with Gasteiger partial charge in [0.25, 0.3) is 0 Å². The fraction of sp³-hybridized carbons (Fsp3) is 0.364. The third kappa shape index (κ3) is 4.60. The number of alkyl halides is 3. The van der Waals surface area contributed by atoms with Crippen molar-refractivity contribution >= 4 is 23.1 Å². The fourth-order valence-corrected chi connectivity index (χ4v) is 4.18. The van der Waals surface area contributed by atoms with E-state index < -0.39 is 11.7 Å². The van der Waals surface area contributed by atoms with Crippen molar-refractivity contribution in [2.45, 2.75) is 31.5 Å². The number of fused-ring (bicyclic) bond motifs is 1. The van der Waals surface area contributed by atoms with Crippen molar-refractivity contribution in [1.29, 1.82) is 0 Å². The van der Waals surface area contributed by atoms with Gasteiger partial charge in [0.1, 0.15) is 0 Å². The van der Waals surface area contributed by atoms with Crippen LogP contribution in [0.4, 0.5) is 24.5 Å². The van der Waals surface area contributed by atoms with Crippen molar-refractivity contribution < 1.29 is 23.2 Å². The van der Waals surface area contributed by atoms with Crippen LogP contribution in [0.25, 0.3) is 0 Å². The van der Waals surface area contributed by atoms with Gasteiger partial charge in [0.05, 0.1) is 29.9 Å². The van der Waals surface area contributed by atoms with E-state index in [9.17, 15) is 23.2 Å². The molecular weight excluding hydrogens is 409 g/mol. The maximum Gasteiger partial charge on any atom is 0.416 e. The molecule has 164 valence electrons.